The van der Waals surface area contributed by atoms with E-state index >= 15 is 0 Å². The minimum Gasteiger partial charge on any atom is -0.448 e. The zero-order chi connectivity index (χ0) is 31.0. The average Bonchev–Trinajstić information content (AvgIpc) is 3.85. The summed E-state index contributed by atoms with van der Waals surface area (Å²) < 4.78 is 11.2. The molecule has 45 heavy (non-hydrogen) atoms. The second-order valence-corrected chi connectivity index (χ2v) is 12.8. The first-order valence-corrected chi connectivity index (χ1v) is 16.8. The van der Waals surface area contributed by atoms with Gasteiger partial charge in [-0.2, -0.15) is 0 Å². The Morgan fingerprint density at radius 3 is 2.53 bits per heavy atom. The van der Waals surface area contributed by atoms with Crippen LogP contribution in [0.3, 0.4) is 0 Å². The van der Waals surface area contributed by atoms with E-state index in [0.717, 1.165) is 76.8 Å². The summed E-state index contributed by atoms with van der Waals surface area (Å²) in [5.41, 5.74) is 4.91. The highest BCUT2D eigenvalue weighted by Gasteiger charge is 2.30. The van der Waals surface area contributed by atoms with Gasteiger partial charge in [-0.15, -0.1) is 0 Å². The highest BCUT2D eigenvalue weighted by Crippen LogP contribution is 2.39. The van der Waals surface area contributed by atoms with Gasteiger partial charge in [0, 0.05) is 56.6 Å². The van der Waals surface area contributed by atoms with Crippen LogP contribution in [0.25, 0.3) is 0 Å². The molecule has 9 nitrogen and oxygen atoms in total. The van der Waals surface area contributed by atoms with E-state index in [9.17, 15) is 9.59 Å². The highest BCUT2D eigenvalue weighted by molar-refractivity contribution is 6.06. The SMILES string of the molecule is Cc1ccccc1N1CCN(c2ccc(C(=O)CNCCCCC3CCCOCC3)cc2NC(=O)c2coc(C3CC3)n2)CC1. The molecule has 0 spiro atoms. The van der Waals surface area contributed by atoms with Crippen LogP contribution in [0.1, 0.15) is 89.6 Å². The number of nitrogens with zero attached hydrogens (tertiary/aromatic N) is 3. The van der Waals surface area contributed by atoms with Gasteiger partial charge in [0.2, 0.25) is 0 Å². The van der Waals surface area contributed by atoms with E-state index in [-0.39, 0.29) is 23.9 Å². The molecule has 2 aliphatic heterocycles. The lowest BCUT2D eigenvalue weighted by Gasteiger charge is -2.38. The third-order valence-electron chi connectivity index (χ3n) is 9.40. The number of ketones is 1. The molecule has 3 fully saturated rings. The van der Waals surface area contributed by atoms with Gasteiger partial charge >= 0.3 is 0 Å². The van der Waals surface area contributed by atoms with E-state index in [1.807, 2.05) is 18.2 Å². The van der Waals surface area contributed by atoms with Crippen LogP contribution in [0.5, 0.6) is 0 Å². The van der Waals surface area contributed by atoms with Gasteiger partial charge in [-0.05, 0) is 87.7 Å². The van der Waals surface area contributed by atoms with E-state index in [4.69, 9.17) is 9.15 Å². The van der Waals surface area contributed by atoms with Crippen molar-refractivity contribution in [2.75, 3.05) is 67.6 Å². The molecule has 2 aromatic carbocycles. The number of oxazole rings is 1. The molecule has 2 N–H and O–H groups in total. The molecule has 1 aliphatic carbocycles. The summed E-state index contributed by atoms with van der Waals surface area (Å²) in [5, 5.41) is 6.41. The Bertz CT molecular complexity index is 1430. The van der Waals surface area contributed by atoms with Gasteiger partial charge < -0.3 is 29.6 Å². The van der Waals surface area contributed by atoms with Gasteiger partial charge in [-0.3, -0.25) is 9.59 Å². The summed E-state index contributed by atoms with van der Waals surface area (Å²) in [4.78, 5) is 35.7. The van der Waals surface area contributed by atoms with Crippen LogP contribution in [0.4, 0.5) is 17.1 Å². The summed E-state index contributed by atoms with van der Waals surface area (Å²) >= 11 is 0. The molecule has 1 atom stereocenters. The number of nitrogens with one attached hydrogen (secondary N) is 2. The molecular weight excluding hydrogens is 566 g/mol. The lowest BCUT2D eigenvalue weighted by molar-refractivity contribution is 0.0987. The summed E-state index contributed by atoms with van der Waals surface area (Å²) in [5.74, 6) is 1.41. The lowest BCUT2D eigenvalue weighted by Crippen LogP contribution is -2.47. The average molecular weight is 614 g/mol. The van der Waals surface area contributed by atoms with Crippen molar-refractivity contribution >= 4 is 28.8 Å². The number of carbonyl (C=O) groups is 2. The molecule has 0 radical (unpaired) electrons. The maximum absolute atomic E-state index is 13.3. The smallest absolute Gasteiger partial charge is 0.277 e. The second kappa shape index (κ2) is 15.1. The number of amides is 1. The largest absolute Gasteiger partial charge is 0.448 e. The third-order valence-corrected chi connectivity index (χ3v) is 9.40. The maximum Gasteiger partial charge on any atom is 0.277 e. The summed E-state index contributed by atoms with van der Waals surface area (Å²) in [6.07, 6.45) is 10.6. The first kappa shape index (κ1) is 31.3. The Kier molecular flexibility index (Phi) is 10.5. The van der Waals surface area contributed by atoms with E-state index in [1.54, 1.807) is 0 Å². The van der Waals surface area contributed by atoms with Crippen LogP contribution in [-0.4, -0.2) is 69.2 Å². The van der Waals surface area contributed by atoms with Crippen LogP contribution in [0.15, 0.2) is 53.1 Å². The molecule has 1 amide bonds. The number of ether oxygens (including phenoxy) is 1. The molecule has 1 saturated carbocycles. The Morgan fingerprint density at radius 2 is 1.73 bits per heavy atom. The number of hydrogen-bond acceptors (Lipinski definition) is 8. The fourth-order valence-corrected chi connectivity index (χ4v) is 6.53. The van der Waals surface area contributed by atoms with E-state index in [0.29, 0.717) is 23.1 Å². The number of anilines is 3. The van der Waals surface area contributed by atoms with Gasteiger partial charge in [0.1, 0.15) is 6.26 Å². The fraction of sp³-hybridized carbons (Fsp3) is 0.528. The van der Waals surface area contributed by atoms with Crippen LogP contribution in [0, 0.1) is 12.8 Å². The minimum absolute atomic E-state index is 0.0137. The molecule has 240 valence electrons. The Hall–Kier alpha value is -3.69. The number of benzene rings is 2. The van der Waals surface area contributed by atoms with Crippen molar-refractivity contribution in [2.24, 2.45) is 5.92 Å². The Morgan fingerprint density at radius 1 is 0.933 bits per heavy atom. The quantitative estimate of drug-likeness (QED) is 0.174. The van der Waals surface area contributed by atoms with E-state index < -0.39 is 0 Å². The van der Waals surface area contributed by atoms with Gasteiger partial charge in [0.15, 0.2) is 17.4 Å². The second-order valence-electron chi connectivity index (χ2n) is 12.8. The number of rotatable bonds is 13. The van der Waals surface area contributed by atoms with Crippen LogP contribution >= 0.6 is 0 Å². The van der Waals surface area contributed by atoms with Crippen LogP contribution in [0.2, 0.25) is 0 Å². The molecule has 9 heteroatoms. The number of carbonyl (C=O) groups excluding carboxylic acids is 2. The molecule has 3 heterocycles. The molecule has 3 aromatic rings. The minimum atomic E-state index is -0.326. The molecule has 1 unspecified atom stereocenters. The topological polar surface area (TPSA) is 99.9 Å². The van der Waals surface area contributed by atoms with Crippen molar-refractivity contribution in [3.8, 4) is 0 Å². The summed E-state index contributed by atoms with van der Waals surface area (Å²) in [6.45, 7) is 8.36. The first-order valence-electron chi connectivity index (χ1n) is 16.8. The molecule has 0 bridgehead atoms. The third kappa shape index (κ3) is 8.32. The monoisotopic (exact) mass is 613 g/mol. The van der Waals surface area contributed by atoms with Gasteiger partial charge in [0.25, 0.3) is 5.91 Å². The van der Waals surface area contributed by atoms with E-state index in [2.05, 4.69) is 56.6 Å². The maximum atomic E-state index is 13.3. The van der Waals surface area contributed by atoms with Crippen LogP contribution < -0.4 is 20.4 Å². The number of para-hydroxylation sites is 1. The van der Waals surface area contributed by atoms with Crippen LogP contribution in [-0.2, 0) is 4.74 Å². The number of unbranched alkanes of at least 4 members (excludes halogenated alkanes) is 1. The number of aryl methyl sites for hydroxylation is 1. The fourth-order valence-electron chi connectivity index (χ4n) is 6.53. The summed E-state index contributed by atoms with van der Waals surface area (Å²) in [7, 11) is 0. The Labute approximate surface area is 266 Å². The highest BCUT2D eigenvalue weighted by atomic mass is 16.5. The number of hydrogen-bond donors (Lipinski definition) is 2. The van der Waals surface area contributed by atoms with Crippen molar-refractivity contribution in [3.05, 3.63) is 71.4 Å². The predicted octanol–water partition coefficient (Wildman–Crippen LogP) is 6.20. The van der Waals surface area contributed by atoms with Crippen molar-refractivity contribution in [1.82, 2.24) is 10.3 Å². The standard InChI is InChI=1S/C36H47N5O4/c1-26-7-2-3-10-32(26)40-17-19-41(20-18-40)33-14-13-29(23-30(33)38-35(43)31-25-45-36(39-31)28-11-12-28)34(42)24-37-16-5-4-8-27-9-6-21-44-22-15-27/h2-3,7,10,13-14,23,25,27-28,37H,4-6,8-9,11-12,15-22,24H2,1H3,(H,38,43). The van der Waals surface area contributed by atoms with Crippen molar-refractivity contribution in [2.45, 2.75) is 64.2 Å². The van der Waals surface area contributed by atoms with E-state index in [1.165, 1.54) is 49.6 Å². The number of piperazine rings is 1. The van der Waals surface area contributed by atoms with Crippen molar-refractivity contribution < 1.29 is 18.7 Å². The molecule has 1 aromatic heterocycles. The first-order chi connectivity index (χ1) is 22.0. The zero-order valence-corrected chi connectivity index (χ0v) is 26.6. The van der Waals surface area contributed by atoms with Gasteiger partial charge in [-0.1, -0.05) is 31.0 Å². The zero-order valence-electron chi connectivity index (χ0n) is 26.6. The normalized spacial score (nSPS) is 18.9. The molecular formula is C36H47N5O4. The summed E-state index contributed by atoms with van der Waals surface area (Å²) in [6, 6.07) is 14.2. The van der Waals surface area contributed by atoms with Gasteiger partial charge in [-0.25, -0.2) is 4.98 Å². The Balaban J connectivity index is 1.08. The molecule has 6 rings (SSSR count). The molecule has 3 aliphatic rings. The van der Waals surface area contributed by atoms with Crippen molar-refractivity contribution in [3.63, 3.8) is 0 Å². The predicted molar refractivity (Wildman–Crippen MR) is 178 cm³/mol. The molecule has 2 saturated heterocycles. The number of Topliss-reactive ketones (excluding diaryl/α,β-unsaturated/α-hetero) is 1. The lowest BCUT2D eigenvalue weighted by atomic mass is 9.94. The van der Waals surface area contributed by atoms with Crippen molar-refractivity contribution in [1.29, 1.82) is 0 Å². The van der Waals surface area contributed by atoms with Gasteiger partial charge in [0.05, 0.1) is 17.9 Å². The number of aromatic nitrogens is 1.